The van der Waals surface area contributed by atoms with Crippen molar-refractivity contribution in [2.24, 2.45) is 0 Å². The minimum Gasteiger partial charge on any atom is -0.375 e. The molecule has 0 aliphatic heterocycles. The molecule has 3 aromatic carbocycles. The van der Waals surface area contributed by atoms with Gasteiger partial charge in [-0.15, -0.1) is 0 Å². The predicted molar refractivity (Wildman–Crippen MR) is 94.7 cm³/mol. The summed E-state index contributed by atoms with van der Waals surface area (Å²) in [6.07, 6.45) is 0. The van der Waals surface area contributed by atoms with E-state index in [-0.39, 0.29) is 6.04 Å². The van der Waals surface area contributed by atoms with Crippen molar-refractivity contribution < 1.29 is 0 Å². The molecule has 0 aliphatic carbocycles. The number of benzene rings is 2. The van der Waals surface area contributed by atoms with E-state index in [1.807, 2.05) is 69.3 Å². The van der Waals surface area contributed by atoms with Crippen molar-refractivity contribution in [3.63, 3.8) is 0 Å². The normalized spacial score (nSPS) is 12.3. The first-order valence-corrected chi connectivity index (χ1v) is 7.71. The maximum atomic E-state index is 12.0. The van der Waals surface area contributed by atoms with Crippen molar-refractivity contribution in [2.75, 3.05) is 5.32 Å². The van der Waals surface area contributed by atoms with Crippen LogP contribution >= 0.6 is 0 Å². The quantitative estimate of drug-likeness (QED) is 0.747. The van der Waals surface area contributed by atoms with Gasteiger partial charge < -0.3 is 5.32 Å². The first kappa shape index (κ1) is 15.2. The summed E-state index contributed by atoms with van der Waals surface area (Å²) in [6, 6.07) is 15.7. The molecule has 1 N–H and O–H groups in total. The average molecular weight is 305 g/mol. The Morgan fingerprint density at radius 1 is 0.870 bits per heavy atom. The minimum atomic E-state index is -0.430. The number of nitrogens with one attached hydrogen (secondary N) is 1. The minimum absolute atomic E-state index is 0.0372. The third-order valence-electron chi connectivity index (χ3n) is 4.37. The van der Waals surface area contributed by atoms with Crippen LogP contribution in [-0.2, 0) is 0 Å². The predicted octanol–water partition coefficient (Wildman–Crippen LogP) is 3.74. The lowest BCUT2D eigenvalue weighted by Gasteiger charge is -2.19. The Hall–Kier alpha value is -2.68. The van der Waals surface area contributed by atoms with Crippen LogP contribution in [0.4, 0.5) is 5.69 Å². The van der Waals surface area contributed by atoms with Crippen molar-refractivity contribution in [3.8, 4) is 11.1 Å². The summed E-state index contributed by atoms with van der Waals surface area (Å²) < 4.78 is 0. The topological polar surface area (TPSA) is 46.2 Å². The van der Waals surface area contributed by atoms with E-state index < -0.39 is 10.9 Å². The largest absolute Gasteiger partial charge is 0.375 e. The van der Waals surface area contributed by atoms with E-state index >= 15 is 0 Å². The Morgan fingerprint density at radius 3 is 2.22 bits per heavy atom. The fraction of sp³-hybridized carbons (Fsp3) is 0.200. The van der Waals surface area contributed by atoms with Crippen molar-refractivity contribution in [1.29, 1.82) is 0 Å². The van der Waals surface area contributed by atoms with Gasteiger partial charge >= 0.3 is 0 Å². The highest BCUT2D eigenvalue weighted by Gasteiger charge is 2.23. The molecule has 1 atom stereocenters. The fourth-order valence-corrected chi connectivity index (χ4v) is 2.74. The monoisotopic (exact) mass is 305 g/mol. The van der Waals surface area contributed by atoms with Crippen molar-refractivity contribution >= 4 is 5.69 Å². The molecular formula is C20H19NO2. The third kappa shape index (κ3) is 2.70. The molecule has 0 saturated heterocycles. The van der Waals surface area contributed by atoms with E-state index in [2.05, 4.69) is 5.32 Å². The molecule has 3 rings (SSSR count). The Bertz CT molecular complexity index is 919. The molecule has 0 radical (unpaired) electrons. The number of aryl methyl sites for hydroxylation is 2. The molecule has 0 fully saturated rings. The van der Waals surface area contributed by atoms with Gasteiger partial charge in [0.05, 0.1) is 11.3 Å². The van der Waals surface area contributed by atoms with Gasteiger partial charge in [-0.05, 0) is 43.0 Å². The van der Waals surface area contributed by atoms with Crippen molar-refractivity contribution in [3.05, 3.63) is 85.7 Å². The van der Waals surface area contributed by atoms with E-state index in [0.717, 1.165) is 16.7 Å². The molecule has 3 aromatic rings. The zero-order valence-corrected chi connectivity index (χ0v) is 13.5. The second kappa shape index (κ2) is 5.84. The second-order valence-electron chi connectivity index (χ2n) is 5.98. The van der Waals surface area contributed by atoms with Gasteiger partial charge in [-0.2, -0.15) is 0 Å². The molecule has 0 amide bonds. The Morgan fingerprint density at radius 2 is 1.57 bits per heavy atom. The van der Waals surface area contributed by atoms with Gasteiger partial charge in [-0.1, -0.05) is 48.5 Å². The van der Waals surface area contributed by atoms with Gasteiger partial charge in [0.25, 0.3) is 0 Å². The molecule has 3 heteroatoms. The van der Waals surface area contributed by atoms with Crippen LogP contribution in [0.25, 0.3) is 11.1 Å². The van der Waals surface area contributed by atoms with E-state index in [4.69, 9.17) is 0 Å². The highest BCUT2D eigenvalue weighted by atomic mass is 16.2. The summed E-state index contributed by atoms with van der Waals surface area (Å²) in [7, 11) is 0. The molecule has 0 spiro atoms. The number of hydrogen-bond donors (Lipinski definition) is 1. The van der Waals surface area contributed by atoms with Gasteiger partial charge in [-0.3, -0.25) is 9.59 Å². The summed E-state index contributed by atoms with van der Waals surface area (Å²) in [4.78, 5) is 24.0. The molecule has 23 heavy (non-hydrogen) atoms. The molecule has 116 valence electrons. The summed E-state index contributed by atoms with van der Waals surface area (Å²) >= 11 is 0. The van der Waals surface area contributed by atoms with E-state index in [1.54, 1.807) is 0 Å². The van der Waals surface area contributed by atoms with Gasteiger partial charge in [0.15, 0.2) is 0 Å². The standard InChI is InChI=1S/C20H19NO2/c1-12-9-10-16(11-13(12)2)17-18(20(23)19(17)22)21-14(3)15-7-5-4-6-8-15/h4-11,14,21H,1-3H3/t14-/m0/s1. The SMILES string of the molecule is Cc1ccc(-c2c(N[C@@H](C)c3ccccc3)c(=O)c2=O)cc1C. The Balaban J connectivity index is 1.96. The third-order valence-corrected chi connectivity index (χ3v) is 4.37. The Kier molecular flexibility index (Phi) is 3.87. The van der Waals surface area contributed by atoms with Gasteiger partial charge in [0.1, 0.15) is 0 Å². The van der Waals surface area contributed by atoms with Crippen LogP contribution in [0.2, 0.25) is 0 Å². The fourth-order valence-electron chi connectivity index (χ4n) is 2.74. The van der Waals surface area contributed by atoms with Gasteiger partial charge in [0.2, 0.25) is 10.9 Å². The number of hydrogen-bond acceptors (Lipinski definition) is 3. The van der Waals surface area contributed by atoms with Crippen LogP contribution in [-0.4, -0.2) is 0 Å². The number of anilines is 1. The van der Waals surface area contributed by atoms with Crippen LogP contribution in [0, 0.1) is 13.8 Å². The Labute approximate surface area is 135 Å². The first-order chi connectivity index (χ1) is 11.0. The van der Waals surface area contributed by atoms with Crippen LogP contribution in [0.15, 0.2) is 58.1 Å². The summed E-state index contributed by atoms with van der Waals surface area (Å²) in [5, 5.41) is 3.20. The van der Waals surface area contributed by atoms with Crippen molar-refractivity contribution in [2.45, 2.75) is 26.8 Å². The smallest absolute Gasteiger partial charge is 0.250 e. The van der Waals surface area contributed by atoms with Gasteiger partial charge in [0, 0.05) is 6.04 Å². The zero-order valence-electron chi connectivity index (χ0n) is 13.5. The van der Waals surface area contributed by atoms with Crippen molar-refractivity contribution in [1.82, 2.24) is 0 Å². The van der Waals surface area contributed by atoms with E-state index in [0.29, 0.717) is 11.3 Å². The maximum absolute atomic E-state index is 12.0. The van der Waals surface area contributed by atoms with Crippen LogP contribution in [0.5, 0.6) is 0 Å². The molecule has 0 aromatic heterocycles. The zero-order chi connectivity index (χ0) is 16.6. The molecule has 3 nitrogen and oxygen atoms in total. The molecular weight excluding hydrogens is 286 g/mol. The van der Waals surface area contributed by atoms with Crippen LogP contribution < -0.4 is 16.2 Å². The highest BCUT2D eigenvalue weighted by molar-refractivity contribution is 5.82. The molecule has 0 heterocycles. The van der Waals surface area contributed by atoms with E-state index in [9.17, 15) is 9.59 Å². The summed E-state index contributed by atoms with van der Waals surface area (Å²) in [6.45, 7) is 6.01. The molecule has 0 aliphatic rings. The molecule has 0 bridgehead atoms. The lowest BCUT2D eigenvalue weighted by atomic mass is 9.95. The summed E-state index contributed by atoms with van der Waals surface area (Å²) in [5.74, 6) is 0. The highest BCUT2D eigenvalue weighted by Crippen LogP contribution is 2.28. The molecule has 0 unspecified atom stereocenters. The van der Waals surface area contributed by atoms with Gasteiger partial charge in [-0.25, -0.2) is 0 Å². The lowest BCUT2D eigenvalue weighted by Crippen LogP contribution is -2.36. The molecule has 0 saturated carbocycles. The van der Waals surface area contributed by atoms with Crippen LogP contribution in [0.3, 0.4) is 0 Å². The van der Waals surface area contributed by atoms with Crippen LogP contribution in [0.1, 0.15) is 29.7 Å². The first-order valence-electron chi connectivity index (χ1n) is 7.71. The second-order valence-corrected chi connectivity index (χ2v) is 5.98. The summed E-state index contributed by atoms with van der Waals surface area (Å²) in [5.41, 5.74) is 4.25. The number of rotatable bonds is 4. The maximum Gasteiger partial charge on any atom is 0.250 e. The van der Waals surface area contributed by atoms with E-state index in [1.165, 1.54) is 5.56 Å². The lowest BCUT2D eigenvalue weighted by molar-refractivity contribution is 0.880. The average Bonchev–Trinajstić information content (AvgIpc) is 2.57.